The Morgan fingerprint density at radius 1 is 0.615 bits per heavy atom. The summed E-state index contributed by atoms with van der Waals surface area (Å²) in [5, 5.41) is 0. The number of pyridine rings is 1. The predicted octanol–water partition coefficient (Wildman–Crippen LogP) is 6.65. The lowest BCUT2D eigenvalue weighted by Crippen LogP contribution is -1.99. The Kier molecular flexibility index (Phi) is 4.61. The van der Waals surface area contributed by atoms with Crippen molar-refractivity contribution in [2.75, 3.05) is 0 Å². The summed E-state index contributed by atoms with van der Waals surface area (Å²) in [5.74, 6) is 0. The molecule has 0 N–H and O–H groups in total. The molecule has 4 aromatic rings. The van der Waals surface area contributed by atoms with Gasteiger partial charge in [0.05, 0.1) is 5.69 Å². The van der Waals surface area contributed by atoms with Gasteiger partial charge in [0.15, 0.2) is 0 Å². The standard InChI is InChI=1S/C25H21N/c1-2-22-24(20-14-8-4-9-15-20)23(19-12-6-3-7-13-19)18-26-25(22)21-16-10-5-11-17-21/h3-18H,2H2,1H3. The molecule has 0 saturated carbocycles. The zero-order chi connectivity index (χ0) is 17.8. The highest BCUT2D eigenvalue weighted by molar-refractivity contribution is 5.88. The summed E-state index contributed by atoms with van der Waals surface area (Å²) in [6.45, 7) is 2.21. The van der Waals surface area contributed by atoms with Crippen LogP contribution in [0.2, 0.25) is 0 Å². The molecule has 0 bridgehead atoms. The molecule has 0 aliphatic carbocycles. The lowest BCUT2D eigenvalue weighted by atomic mass is 9.88. The molecule has 0 spiro atoms. The molecule has 26 heavy (non-hydrogen) atoms. The van der Waals surface area contributed by atoms with Crippen molar-refractivity contribution in [2.45, 2.75) is 13.3 Å². The topological polar surface area (TPSA) is 12.9 Å². The Morgan fingerprint density at radius 3 is 1.65 bits per heavy atom. The van der Waals surface area contributed by atoms with Crippen LogP contribution >= 0.6 is 0 Å². The fraction of sp³-hybridized carbons (Fsp3) is 0.0800. The first-order chi connectivity index (χ1) is 12.9. The zero-order valence-electron chi connectivity index (χ0n) is 14.9. The van der Waals surface area contributed by atoms with Crippen molar-refractivity contribution in [1.29, 1.82) is 0 Å². The number of aromatic nitrogens is 1. The number of hydrogen-bond donors (Lipinski definition) is 0. The quantitative estimate of drug-likeness (QED) is 0.407. The van der Waals surface area contributed by atoms with Gasteiger partial charge in [-0.25, -0.2) is 0 Å². The Bertz CT molecular complexity index is 990. The van der Waals surface area contributed by atoms with Gasteiger partial charge in [0, 0.05) is 17.3 Å². The minimum absolute atomic E-state index is 0.933. The zero-order valence-corrected chi connectivity index (χ0v) is 14.9. The van der Waals surface area contributed by atoms with Crippen LogP contribution < -0.4 is 0 Å². The molecule has 0 aliphatic rings. The SMILES string of the molecule is CCc1c(-c2ccccc2)ncc(-c2ccccc2)c1-c1ccccc1. The van der Waals surface area contributed by atoms with E-state index in [-0.39, 0.29) is 0 Å². The third-order valence-corrected chi connectivity index (χ3v) is 4.73. The first kappa shape index (κ1) is 16.3. The van der Waals surface area contributed by atoms with Gasteiger partial charge in [0.1, 0.15) is 0 Å². The smallest absolute Gasteiger partial charge is 0.0740 e. The van der Waals surface area contributed by atoms with Crippen LogP contribution in [-0.2, 0) is 6.42 Å². The average Bonchev–Trinajstić information content (AvgIpc) is 2.74. The van der Waals surface area contributed by atoms with Crippen LogP contribution in [-0.4, -0.2) is 4.98 Å². The Labute approximate surface area is 155 Å². The fourth-order valence-corrected chi connectivity index (χ4v) is 3.51. The molecule has 0 radical (unpaired) electrons. The molecule has 1 heterocycles. The van der Waals surface area contributed by atoms with Gasteiger partial charge in [0.25, 0.3) is 0 Å². The van der Waals surface area contributed by atoms with Gasteiger partial charge < -0.3 is 0 Å². The van der Waals surface area contributed by atoms with Crippen molar-refractivity contribution in [3.05, 3.63) is 103 Å². The van der Waals surface area contributed by atoms with E-state index in [1.54, 1.807) is 0 Å². The molecule has 0 aliphatic heterocycles. The maximum atomic E-state index is 4.88. The van der Waals surface area contributed by atoms with Crippen LogP contribution in [0.25, 0.3) is 33.5 Å². The minimum atomic E-state index is 0.933. The molecule has 0 atom stereocenters. The summed E-state index contributed by atoms with van der Waals surface area (Å²) in [7, 11) is 0. The summed E-state index contributed by atoms with van der Waals surface area (Å²) in [6.07, 6.45) is 2.96. The van der Waals surface area contributed by atoms with E-state index in [4.69, 9.17) is 4.98 Å². The second-order valence-corrected chi connectivity index (χ2v) is 6.33. The molecule has 0 saturated heterocycles. The van der Waals surface area contributed by atoms with Crippen molar-refractivity contribution in [3.8, 4) is 33.5 Å². The Hall–Kier alpha value is -3.19. The van der Waals surface area contributed by atoms with E-state index >= 15 is 0 Å². The van der Waals surface area contributed by atoms with Crippen molar-refractivity contribution in [1.82, 2.24) is 4.98 Å². The molecule has 1 heteroatoms. The number of rotatable bonds is 4. The van der Waals surface area contributed by atoms with E-state index in [1.165, 1.54) is 33.4 Å². The van der Waals surface area contributed by atoms with Crippen LogP contribution in [0.15, 0.2) is 97.2 Å². The van der Waals surface area contributed by atoms with Crippen LogP contribution in [0.4, 0.5) is 0 Å². The third kappa shape index (κ3) is 3.04. The van der Waals surface area contributed by atoms with E-state index in [9.17, 15) is 0 Å². The van der Waals surface area contributed by atoms with Gasteiger partial charge in [-0.05, 0) is 28.7 Å². The molecule has 1 nitrogen and oxygen atoms in total. The fourth-order valence-electron chi connectivity index (χ4n) is 3.51. The summed E-state index contributed by atoms with van der Waals surface area (Å²) < 4.78 is 0. The second-order valence-electron chi connectivity index (χ2n) is 6.33. The minimum Gasteiger partial charge on any atom is -0.255 e. The summed E-state index contributed by atoms with van der Waals surface area (Å²) >= 11 is 0. The lowest BCUT2D eigenvalue weighted by Gasteiger charge is -2.18. The maximum absolute atomic E-state index is 4.88. The average molecular weight is 335 g/mol. The monoisotopic (exact) mass is 335 g/mol. The molecule has 3 aromatic carbocycles. The highest BCUT2D eigenvalue weighted by Gasteiger charge is 2.17. The summed E-state index contributed by atoms with van der Waals surface area (Å²) in [5.41, 5.74) is 8.45. The van der Waals surface area contributed by atoms with Crippen molar-refractivity contribution < 1.29 is 0 Å². The van der Waals surface area contributed by atoms with E-state index in [2.05, 4.69) is 91.9 Å². The summed E-state index contributed by atoms with van der Waals surface area (Å²) in [4.78, 5) is 4.88. The number of nitrogens with zero attached hydrogens (tertiary/aromatic N) is 1. The number of benzene rings is 3. The number of hydrogen-bond acceptors (Lipinski definition) is 1. The van der Waals surface area contributed by atoms with E-state index in [0.29, 0.717) is 0 Å². The largest absolute Gasteiger partial charge is 0.255 e. The molecule has 4 rings (SSSR count). The van der Waals surface area contributed by atoms with Gasteiger partial charge in [-0.2, -0.15) is 0 Å². The maximum Gasteiger partial charge on any atom is 0.0740 e. The van der Waals surface area contributed by atoms with Crippen molar-refractivity contribution >= 4 is 0 Å². The van der Waals surface area contributed by atoms with Gasteiger partial charge >= 0.3 is 0 Å². The lowest BCUT2D eigenvalue weighted by molar-refractivity contribution is 1.11. The van der Waals surface area contributed by atoms with Gasteiger partial charge in [0.2, 0.25) is 0 Å². The highest BCUT2D eigenvalue weighted by Crippen LogP contribution is 2.38. The molecule has 1 aromatic heterocycles. The highest BCUT2D eigenvalue weighted by atomic mass is 14.7. The Morgan fingerprint density at radius 2 is 1.12 bits per heavy atom. The van der Waals surface area contributed by atoms with Gasteiger partial charge in [-0.3, -0.25) is 4.98 Å². The second kappa shape index (κ2) is 7.37. The van der Waals surface area contributed by atoms with Crippen molar-refractivity contribution in [2.24, 2.45) is 0 Å². The molecular weight excluding hydrogens is 314 g/mol. The van der Waals surface area contributed by atoms with E-state index in [1.807, 2.05) is 12.3 Å². The van der Waals surface area contributed by atoms with Crippen LogP contribution in [0.1, 0.15) is 12.5 Å². The van der Waals surface area contributed by atoms with E-state index in [0.717, 1.165) is 12.1 Å². The summed E-state index contributed by atoms with van der Waals surface area (Å²) in [6, 6.07) is 31.7. The molecular formula is C25H21N. The Balaban J connectivity index is 2.03. The third-order valence-electron chi connectivity index (χ3n) is 4.73. The predicted molar refractivity (Wildman–Crippen MR) is 110 cm³/mol. The van der Waals surface area contributed by atoms with Crippen LogP contribution in [0, 0.1) is 0 Å². The van der Waals surface area contributed by atoms with Crippen LogP contribution in [0.3, 0.4) is 0 Å². The molecule has 0 unspecified atom stereocenters. The molecule has 0 fully saturated rings. The first-order valence-corrected chi connectivity index (χ1v) is 9.06. The van der Waals surface area contributed by atoms with Gasteiger partial charge in [-0.1, -0.05) is 97.9 Å². The van der Waals surface area contributed by atoms with E-state index < -0.39 is 0 Å². The first-order valence-electron chi connectivity index (χ1n) is 9.06. The molecule has 126 valence electrons. The van der Waals surface area contributed by atoms with Crippen LogP contribution in [0.5, 0.6) is 0 Å². The normalized spacial score (nSPS) is 10.7. The van der Waals surface area contributed by atoms with Gasteiger partial charge in [-0.15, -0.1) is 0 Å². The molecule has 0 amide bonds. The van der Waals surface area contributed by atoms with Crippen molar-refractivity contribution in [3.63, 3.8) is 0 Å².